The Morgan fingerprint density at radius 2 is 2.23 bits per heavy atom. The number of hydrogen-bond acceptors (Lipinski definition) is 6. The van der Waals surface area contributed by atoms with E-state index in [4.69, 9.17) is 4.98 Å². The second-order valence-electron chi connectivity index (χ2n) is 6.61. The molecule has 1 aromatic rings. The number of hydrogen-bond donors (Lipinski definition) is 2. The lowest BCUT2D eigenvalue weighted by molar-refractivity contribution is 0.301. The van der Waals surface area contributed by atoms with Crippen LogP contribution in [-0.4, -0.2) is 61.7 Å². The molecule has 0 saturated carbocycles. The standard InChI is InChI=1S/C16H28N6/c1-21(2)16-19-14-11-17-8-7-13(14)15(20-16)18-9-6-12-5-4-10-22(12)3/h12,17H,4-11H2,1-3H3,(H,18,19,20)/t12-/m1/s1. The van der Waals surface area contributed by atoms with Crippen molar-refractivity contribution in [1.82, 2.24) is 20.2 Å². The number of anilines is 2. The van der Waals surface area contributed by atoms with Crippen LogP contribution in [0.4, 0.5) is 11.8 Å². The van der Waals surface area contributed by atoms with Crippen LogP contribution in [0.2, 0.25) is 0 Å². The van der Waals surface area contributed by atoms with Gasteiger partial charge in [0.25, 0.3) is 0 Å². The summed E-state index contributed by atoms with van der Waals surface area (Å²) in [5.74, 6) is 1.83. The summed E-state index contributed by atoms with van der Waals surface area (Å²) in [7, 11) is 6.23. The molecule has 0 radical (unpaired) electrons. The Labute approximate surface area is 133 Å². The van der Waals surface area contributed by atoms with Crippen molar-refractivity contribution >= 4 is 11.8 Å². The van der Waals surface area contributed by atoms with Gasteiger partial charge in [0, 0.05) is 38.8 Å². The highest BCUT2D eigenvalue weighted by molar-refractivity contribution is 5.52. The summed E-state index contributed by atoms with van der Waals surface area (Å²) < 4.78 is 0. The Morgan fingerprint density at radius 1 is 1.36 bits per heavy atom. The summed E-state index contributed by atoms with van der Waals surface area (Å²) >= 11 is 0. The maximum Gasteiger partial charge on any atom is 0.227 e. The average Bonchev–Trinajstić information content (AvgIpc) is 2.92. The second kappa shape index (κ2) is 6.79. The lowest BCUT2D eigenvalue weighted by Crippen LogP contribution is -2.29. The van der Waals surface area contributed by atoms with E-state index in [2.05, 4.69) is 27.6 Å². The van der Waals surface area contributed by atoms with Crippen molar-refractivity contribution in [3.63, 3.8) is 0 Å². The van der Waals surface area contributed by atoms with Gasteiger partial charge in [-0.25, -0.2) is 4.98 Å². The van der Waals surface area contributed by atoms with Crippen molar-refractivity contribution < 1.29 is 0 Å². The molecule has 6 heteroatoms. The largest absolute Gasteiger partial charge is 0.370 e. The van der Waals surface area contributed by atoms with Crippen LogP contribution in [0, 0.1) is 0 Å². The highest BCUT2D eigenvalue weighted by atomic mass is 15.2. The van der Waals surface area contributed by atoms with Crippen molar-refractivity contribution in [1.29, 1.82) is 0 Å². The Bertz CT molecular complexity index is 516. The number of rotatable bonds is 5. The third-order valence-electron chi connectivity index (χ3n) is 4.77. The Hall–Kier alpha value is -1.40. The summed E-state index contributed by atoms with van der Waals surface area (Å²) in [5.41, 5.74) is 2.44. The van der Waals surface area contributed by atoms with Crippen molar-refractivity contribution in [3.8, 4) is 0 Å². The first-order valence-corrected chi connectivity index (χ1v) is 8.37. The van der Waals surface area contributed by atoms with Crippen molar-refractivity contribution in [3.05, 3.63) is 11.3 Å². The smallest absolute Gasteiger partial charge is 0.227 e. The molecule has 0 aliphatic carbocycles. The van der Waals surface area contributed by atoms with E-state index in [9.17, 15) is 0 Å². The minimum absolute atomic E-state index is 0.722. The van der Waals surface area contributed by atoms with Gasteiger partial charge in [0.05, 0.1) is 5.69 Å². The first kappa shape index (κ1) is 15.5. The van der Waals surface area contributed by atoms with Gasteiger partial charge in [0.2, 0.25) is 5.95 Å². The van der Waals surface area contributed by atoms with E-state index in [1.54, 1.807) is 0 Å². The zero-order valence-electron chi connectivity index (χ0n) is 14.0. The predicted molar refractivity (Wildman–Crippen MR) is 90.5 cm³/mol. The molecule has 2 aliphatic rings. The van der Waals surface area contributed by atoms with E-state index in [0.29, 0.717) is 0 Å². The van der Waals surface area contributed by atoms with Crippen molar-refractivity contribution in [2.45, 2.75) is 38.3 Å². The van der Waals surface area contributed by atoms with Crippen LogP contribution >= 0.6 is 0 Å². The van der Waals surface area contributed by atoms with Crippen LogP contribution in [0.1, 0.15) is 30.5 Å². The van der Waals surface area contributed by atoms with Gasteiger partial charge in [-0.3, -0.25) is 0 Å². The second-order valence-corrected chi connectivity index (χ2v) is 6.61. The highest BCUT2D eigenvalue weighted by Crippen LogP contribution is 2.23. The van der Waals surface area contributed by atoms with Crippen LogP contribution < -0.4 is 15.5 Å². The van der Waals surface area contributed by atoms with Gasteiger partial charge in [-0.15, -0.1) is 0 Å². The van der Waals surface area contributed by atoms with Gasteiger partial charge in [0.15, 0.2) is 0 Å². The minimum Gasteiger partial charge on any atom is -0.370 e. The van der Waals surface area contributed by atoms with Gasteiger partial charge < -0.3 is 20.4 Å². The van der Waals surface area contributed by atoms with E-state index in [0.717, 1.165) is 49.6 Å². The van der Waals surface area contributed by atoms with Crippen molar-refractivity contribution in [2.24, 2.45) is 0 Å². The summed E-state index contributed by atoms with van der Waals surface area (Å²) in [6, 6.07) is 0.722. The lowest BCUT2D eigenvalue weighted by Gasteiger charge is -2.23. The zero-order chi connectivity index (χ0) is 15.5. The molecule has 0 bridgehead atoms. The van der Waals surface area contributed by atoms with E-state index < -0.39 is 0 Å². The molecule has 1 atom stereocenters. The Balaban J connectivity index is 1.70. The van der Waals surface area contributed by atoms with Gasteiger partial charge >= 0.3 is 0 Å². The molecule has 1 saturated heterocycles. The molecule has 0 unspecified atom stereocenters. The lowest BCUT2D eigenvalue weighted by atomic mass is 10.1. The zero-order valence-corrected chi connectivity index (χ0v) is 14.0. The number of nitrogens with zero attached hydrogens (tertiary/aromatic N) is 4. The molecule has 0 spiro atoms. The quantitative estimate of drug-likeness (QED) is 0.849. The fraction of sp³-hybridized carbons (Fsp3) is 0.750. The van der Waals surface area contributed by atoms with Gasteiger partial charge in [-0.05, 0) is 45.8 Å². The molecule has 3 rings (SSSR count). The van der Waals surface area contributed by atoms with E-state index >= 15 is 0 Å². The minimum atomic E-state index is 0.722. The van der Waals surface area contributed by atoms with Crippen LogP contribution in [0.3, 0.4) is 0 Å². The Kier molecular flexibility index (Phi) is 4.78. The van der Waals surface area contributed by atoms with Gasteiger partial charge in [-0.2, -0.15) is 4.98 Å². The predicted octanol–water partition coefficient (Wildman–Crippen LogP) is 1.08. The van der Waals surface area contributed by atoms with E-state index in [1.807, 2.05) is 19.0 Å². The van der Waals surface area contributed by atoms with E-state index in [1.165, 1.54) is 31.4 Å². The molecule has 122 valence electrons. The Morgan fingerprint density at radius 3 is 2.95 bits per heavy atom. The molecule has 6 nitrogen and oxygen atoms in total. The molecule has 1 aromatic heterocycles. The number of likely N-dealkylation sites (tertiary alicyclic amines) is 1. The van der Waals surface area contributed by atoms with Crippen LogP contribution in [0.25, 0.3) is 0 Å². The van der Waals surface area contributed by atoms with Crippen LogP contribution in [0.5, 0.6) is 0 Å². The maximum atomic E-state index is 4.73. The number of nitrogens with one attached hydrogen (secondary N) is 2. The summed E-state index contributed by atoms with van der Waals surface area (Å²) in [6.45, 7) is 4.08. The van der Waals surface area contributed by atoms with Crippen LogP contribution in [-0.2, 0) is 13.0 Å². The normalized spacial score (nSPS) is 21.7. The van der Waals surface area contributed by atoms with E-state index in [-0.39, 0.29) is 0 Å². The molecular formula is C16H28N6. The summed E-state index contributed by atoms with van der Waals surface area (Å²) in [4.78, 5) is 13.9. The summed E-state index contributed by atoms with van der Waals surface area (Å²) in [6.07, 6.45) is 4.85. The molecule has 22 heavy (non-hydrogen) atoms. The van der Waals surface area contributed by atoms with Crippen molar-refractivity contribution in [2.75, 3.05) is 51.0 Å². The fourth-order valence-corrected chi connectivity index (χ4v) is 3.39. The van der Waals surface area contributed by atoms with Crippen LogP contribution in [0.15, 0.2) is 0 Å². The molecule has 2 aliphatic heterocycles. The maximum absolute atomic E-state index is 4.73. The monoisotopic (exact) mass is 304 g/mol. The topological polar surface area (TPSA) is 56.3 Å². The number of aromatic nitrogens is 2. The first-order valence-electron chi connectivity index (χ1n) is 8.37. The fourth-order valence-electron chi connectivity index (χ4n) is 3.39. The third kappa shape index (κ3) is 3.33. The molecular weight excluding hydrogens is 276 g/mol. The molecule has 0 amide bonds. The highest BCUT2D eigenvalue weighted by Gasteiger charge is 2.21. The van der Waals surface area contributed by atoms with Gasteiger partial charge in [-0.1, -0.05) is 0 Å². The first-order chi connectivity index (χ1) is 10.6. The molecule has 0 aromatic carbocycles. The number of fused-ring (bicyclic) bond motifs is 1. The summed E-state index contributed by atoms with van der Waals surface area (Å²) in [5, 5.41) is 6.98. The molecule has 2 N–H and O–H groups in total. The molecule has 1 fully saturated rings. The third-order valence-corrected chi connectivity index (χ3v) is 4.77. The average molecular weight is 304 g/mol. The van der Waals surface area contributed by atoms with Gasteiger partial charge in [0.1, 0.15) is 5.82 Å². The molecule has 3 heterocycles. The SMILES string of the molecule is CN(C)c1nc2c(c(NCC[C@H]3CCCN3C)n1)CCNC2.